The average molecular weight is 943 g/mol. The first-order valence-electron chi connectivity index (χ1n) is 25.5. The molecule has 0 saturated heterocycles. The number of hydrogen-bond donors (Lipinski definition) is 2. The third-order valence-corrected chi connectivity index (χ3v) is 12.9. The fraction of sp³-hybridized carbons (Fsp3) is 0.698. The molecule has 0 aliphatic heterocycles. The predicted molar refractivity (Wildman–Crippen MR) is 265 cm³/mol. The maximum Gasteiger partial charge on any atom is 0.350 e. The maximum absolute atomic E-state index is 15.1. The number of unbranched alkanes of at least 4 members (excludes halogenated alkanes) is 15. The molecule has 2 rings (SSSR count). The SMILES string of the molecule is CCCCCCCCCCOC(=O)CCNC(=O)C(Cc1ccc(-c2ccccc2)cc1)NCP(=O)(OC(OC(=O)CCCCCCC)C(C)C)OC(OC(=O)CCCCCCC)C(C)C. The van der Waals surface area contributed by atoms with E-state index in [-0.39, 0.29) is 32.2 Å². The smallest absolute Gasteiger partial charge is 0.350 e. The molecule has 0 aliphatic carbocycles. The molecular weight excluding hydrogens is 856 g/mol. The van der Waals surface area contributed by atoms with Crippen LogP contribution in [0.1, 0.15) is 189 Å². The van der Waals surface area contributed by atoms with Gasteiger partial charge in [0.1, 0.15) is 0 Å². The minimum Gasteiger partial charge on any atom is -0.466 e. The van der Waals surface area contributed by atoms with Crippen LogP contribution in [0.4, 0.5) is 0 Å². The second-order valence-corrected chi connectivity index (χ2v) is 20.2. The van der Waals surface area contributed by atoms with Crippen LogP contribution in [-0.2, 0) is 53.4 Å². The molecule has 0 heterocycles. The van der Waals surface area contributed by atoms with Gasteiger partial charge in [-0.3, -0.25) is 38.1 Å². The van der Waals surface area contributed by atoms with Crippen LogP contribution in [0.25, 0.3) is 11.1 Å². The molecule has 0 bridgehead atoms. The highest BCUT2D eigenvalue weighted by atomic mass is 31.2. The van der Waals surface area contributed by atoms with E-state index in [0.717, 1.165) is 87.3 Å². The summed E-state index contributed by atoms with van der Waals surface area (Å²) in [5.41, 5.74) is 2.88. The summed E-state index contributed by atoms with van der Waals surface area (Å²) in [5, 5.41) is 6.01. The lowest BCUT2D eigenvalue weighted by atomic mass is 10.0. The molecule has 0 aromatic heterocycles. The van der Waals surface area contributed by atoms with E-state index in [1.54, 1.807) is 27.7 Å². The monoisotopic (exact) mass is 943 g/mol. The molecule has 0 saturated carbocycles. The molecule has 0 radical (unpaired) electrons. The Morgan fingerprint density at radius 2 is 1.00 bits per heavy atom. The Kier molecular flexibility index (Phi) is 31.5. The number of carbonyl (C=O) groups excluding carboxylic acids is 4. The summed E-state index contributed by atoms with van der Waals surface area (Å²) in [6, 6.07) is 16.8. The minimum atomic E-state index is -4.37. The number of carbonyl (C=O) groups is 4. The van der Waals surface area contributed by atoms with Gasteiger partial charge in [0.15, 0.2) is 0 Å². The average Bonchev–Trinajstić information content (AvgIpc) is 3.29. The van der Waals surface area contributed by atoms with Crippen molar-refractivity contribution in [1.29, 1.82) is 0 Å². The Bertz CT molecular complexity index is 1610. The first-order chi connectivity index (χ1) is 31.8. The normalized spacial score (nSPS) is 13.8. The van der Waals surface area contributed by atoms with Crippen LogP contribution in [0.5, 0.6) is 0 Å². The molecule has 3 unspecified atom stereocenters. The van der Waals surface area contributed by atoms with E-state index in [2.05, 4.69) is 31.4 Å². The van der Waals surface area contributed by atoms with E-state index in [1.807, 2.05) is 54.6 Å². The van der Waals surface area contributed by atoms with E-state index in [4.69, 9.17) is 23.3 Å². The molecule has 0 fully saturated rings. The summed E-state index contributed by atoms with van der Waals surface area (Å²) >= 11 is 0. The number of esters is 3. The zero-order valence-electron chi connectivity index (χ0n) is 41.8. The van der Waals surface area contributed by atoms with E-state index in [0.29, 0.717) is 19.4 Å². The van der Waals surface area contributed by atoms with Crippen LogP contribution in [0.15, 0.2) is 54.6 Å². The molecule has 1 amide bonds. The second kappa shape index (κ2) is 35.6. The summed E-state index contributed by atoms with van der Waals surface area (Å²) < 4.78 is 44.5. The Morgan fingerprint density at radius 1 is 0.545 bits per heavy atom. The Balaban J connectivity index is 2.30. The Morgan fingerprint density at radius 3 is 1.48 bits per heavy atom. The molecule has 3 atom stereocenters. The van der Waals surface area contributed by atoms with Crippen LogP contribution < -0.4 is 10.6 Å². The summed E-state index contributed by atoms with van der Waals surface area (Å²) in [6.45, 7) is 14.0. The molecule has 2 aromatic rings. The van der Waals surface area contributed by atoms with Crippen LogP contribution >= 0.6 is 7.60 Å². The van der Waals surface area contributed by atoms with Gasteiger partial charge in [0.2, 0.25) is 18.5 Å². The molecule has 13 heteroatoms. The molecule has 374 valence electrons. The van der Waals surface area contributed by atoms with Gasteiger partial charge < -0.3 is 19.5 Å². The molecule has 12 nitrogen and oxygen atoms in total. The molecule has 0 aliphatic rings. The largest absolute Gasteiger partial charge is 0.466 e. The summed E-state index contributed by atoms with van der Waals surface area (Å²) in [5.74, 6) is -2.64. The van der Waals surface area contributed by atoms with Crippen LogP contribution in [0.3, 0.4) is 0 Å². The van der Waals surface area contributed by atoms with Crippen LogP contribution in [0.2, 0.25) is 0 Å². The van der Waals surface area contributed by atoms with Crippen molar-refractivity contribution in [1.82, 2.24) is 10.6 Å². The van der Waals surface area contributed by atoms with Gasteiger partial charge in [-0.15, -0.1) is 0 Å². The third kappa shape index (κ3) is 26.7. The van der Waals surface area contributed by atoms with Gasteiger partial charge in [-0.25, -0.2) is 0 Å². The van der Waals surface area contributed by atoms with Crippen molar-refractivity contribution >= 4 is 31.4 Å². The van der Waals surface area contributed by atoms with Gasteiger partial charge in [0, 0.05) is 31.2 Å². The van der Waals surface area contributed by atoms with Gasteiger partial charge in [-0.2, -0.15) is 0 Å². The van der Waals surface area contributed by atoms with E-state index < -0.39 is 68.2 Å². The summed E-state index contributed by atoms with van der Waals surface area (Å²) in [6.07, 6.45) is 16.1. The number of amides is 1. The lowest BCUT2D eigenvalue weighted by Crippen LogP contribution is -2.47. The number of benzene rings is 2. The van der Waals surface area contributed by atoms with Gasteiger partial charge in [0.25, 0.3) is 0 Å². The first-order valence-corrected chi connectivity index (χ1v) is 27.2. The Labute approximate surface area is 398 Å². The standard InChI is InChI=1S/C53H87N2O10P/c1-8-11-14-17-18-19-22-28-39-61-48(56)37-38-54-51(59)47(40-44-33-35-46(36-34-44)45-29-24-23-25-30-45)55-41-66(60,64-52(42(4)5)62-49(57)31-26-20-15-12-9-2)65-53(43(6)7)63-50(58)32-27-21-16-13-10-3/h23-25,29-30,33-36,42-43,47,52-53,55H,8-22,26-28,31-32,37-41H2,1-7H3,(H,54,59). The zero-order valence-corrected chi connectivity index (χ0v) is 42.7. The van der Waals surface area contributed by atoms with E-state index in [9.17, 15) is 19.2 Å². The Hall–Kier alpha value is -3.57. The minimum absolute atomic E-state index is 0.00789. The number of ether oxygens (including phenoxy) is 3. The van der Waals surface area contributed by atoms with E-state index in [1.165, 1.54) is 32.1 Å². The molecule has 2 aromatic carbocycles. The fourth-order valence-electron chi connectivity index (χ4n) is 7.18. The first kappa shape index (κ1) is 58.6. The van der Waals surface area contributed by atoms with Gasteiger partial charge in [-0.1, -0.05) is 199 Å². The van der Waals surface area contributed by atoms with Crippen molar-refractivity contribution in [2.45, 2.75) is 208 Å². The maximum atomic E-state index is 15.1. The van der Waals surface area contributed by atoms with Crippen molar-refractivity contribution in [2.24, 2.45) is 11.8 Å². The lowest BCUT2D eigenvalue weighted by Gasteiger charge is -2.31. The third-order valence-electron chi connectivity index (χ3n) is 11.3. The number of rotatable bonds is 39. The highest BCUT2D eigenvalue weighted by Gasteiger charge is 2.38. The van der Waals surface area contributed by atoms with Crippen LogP contribution in [0, 0.1) is 11.8 Å². The van der Waals surface area contributed by atoms with Crippen LogP contribution in [-0.4, -0.2) is 61.9 Å². The van der Waals surface area contributed by atoms with Crippen molar-refractivity contribution in [3.05, 3.63) is 60.2 Å². The zero-order chi connectivity index (χ0) is 48.4. The summed E-state index contributed by atoms with van der Waals surface area (Å²) in [4.78, 5) is 52.8. The molecule has 66 heavy (non-hydrogen) atoms. The number of hydrogen-bond acceptors (Lipinski definition) is 11. The second-order valence-electron chi connectivity index (χ2n) is 18.3. The fourth-order valence-corrected chi connectivity index (χ4v) is 9.03. The van der Waals surface area contributed by atoms with Gasteiger partial charge >= 0.3 is 25.5 Å². The van der Waals surface area contributed by atoms with Crippen molar-refractivity contribution < 1.29 is 47.0 Å². The predicted octanol–water partition coefficient (Wildman–Crippen LogP) is 13.0. The quantitative estimate of drug-likeness (QED) is 0.0216. The van der Waals surface area contributed by atoms with Crippen molar-refractivity contribution in [2.75, 3.05) is 19.4 Å². The van der Waals surface area contributed by atoms with E-state index >= 15 is 4.57 Å². The highest BCUT2D eigenvalue weighted by Crippen LogP contribution is 2.51. The highest BCUT2D eigenvalue weighted by molar-refractivity contribution is 7.53. The van der Waals surface area contributed by atoms with Gasteiger partial charge in [0.05, 0.1) is 25.4 Å². The molecule has 0 spiro atoms. The lowest BCUT2D eigenvalue weighted by molar-refractivity contribution is -0.179. The van der Waals surface area contributed by atoms with Crippen molar-refractivity contribution in [3.63, 3.8) is 0 Å². The van der Waals surface area contributed by atoms with Crippen molar-refractivity contribution in [3.8, 4) is 11.1 Å². The summed E-state index contributed by atoms with van der Waals surface area (Å²) in [7, 11) is -4.37. The topological polar surface area (TPSA) is 156 Å². The number of nitrogens with one attached hydrogen (secondary N) is 2. The molecular formula is C53H87N2O10P. The molecule has 2 N–H and O–H groups in total. The van der Waals surface area contributed by atoms with Gasteiger partial charge in [-0.05, 0) is 42.4 Å².